The summed E-state index contributed by atoms with van der Waals surface area (Å²) in [4.78, 5) is 26.1. The Morgan fingerprint density at radius 3 is 2.81 bits per heavy atom. The Balaban J connectivity index is 1.86. The van der Waals surface area contributed by atoms with Gasteiger partial charge in [-0.15, -0.1) is 11.3 Å². The Morgan fingerprint density at radius 1 is 1.31 bits per heavy atom. The van der Waals surface area contributed by atoms with Crippen LogP contribution in [0, 0.1) is 10.1 Å². The standard InChI is InChI=1S/C17H13N3O5S/c1-25-15-6-5-10(8-14(15)20(23)24)13-9-26-17(19-13)18-12-4-2-3-11(7-12)16(21)22/h2-9H,1H3,(H,18,19)(H,21,22). The van der Waals surface area contributed by atoms with Gasteiger partial charge in [-0.25, -0.2) is 9.78 Å². The highest BCUT2D eigenvalue weighted by Crippen LogP contribution is 2.34. The van der Waals surface area contributed by atoms with E-state index in [1.165, 1.54) is 42.7 Å². The molecule has 9 heteroatoms. The van der Waals surface area contributed by atoms with Crippen LogP contribution < -0.4 is 10.1 Å². The molecule has 0 unspecified atom stereocenters. The highest BCUT2D eigenvalue weighted by molar-refractivity contribution is 7.14. The molecule has 1 aromatic heterocycles. The van der Waals surface area contributed by atoms with E-state index >= 15 is 0 Å². The first kappa shape index (κ1) is 17.4. The number of nitrogens with zero attached hydrogens (tertiary/aromatic N) is 2. The number of aromatic carboxylic acids is 1. The molecule has 0 saturated heterocycles. The highest BCUT2D eigenvalue weighted by atomic mass is 32.1. The van der Waals surface area contributed by atoms with Crippen LogP contribution in [-0.4, -0.2) is 28.1 Å². The Kier molecular flexibility index (Phi) is 4.81. The molecule has 2 aromatic carbocycles. The molecule has 0 amide bonds. The van der Waals surface area contributed by atoms with Crippen LogP contribution in [0.1, 0.15) is 10.4 Å². The summed E-state index contributed by atoms with van der Waals surface area (Å²) >= 11 is 1.31. The quantitative estimate of drug-likeness (QED) is 0.493. The van der Waals surface area contributed by atoms with Gasteiger partial charge in [0.1, 0.15) is 0 Å². The van der Waals surface area contributed by atoms with E-state index in [1.54, 1.807) is 23.6 Å². The minimum absolute atomic E-state index is 0.137. The van der Waals surface area contributed by atoms with Crippen LogP contribution in [0.3, 0.4) is 0 Å². The zero-order valence-electron chi connectivity index (χ0n) is 13.5. The molecule has 0 spiro atoms. The predicted octanol–water partition coefficient (Wildman–Crippen LogP) is 4.17. The van der Waals surface area contributed by atoms with Gasteiger partial charge < -0.3 is 15.2 Å². The summed E-state index contributed by atoms with van der Waals surface area (Å²) in [6, 6.07) is 11.0. The topological polar surface area (TPSA) is 115 Å². The second-order valence-electron chi connectivity index (χ2n) is 5.19. The van der Waals surface area contributed by atoms with Crippen molar-refractivity contribution in [1.29, 1.82) is 0 Å². The molecular weight excluding hydrogens is 358 g/mol. The maximum atomic E-state index is 11.1. The van der Waals surface area contributed by atoms with Gasteiger partial charge in [0.2, 0.25) is 0 Å². The number of benzene rings is 2. The number of anilines is 2. The predicted molar refractivity (Wildman–Crippen MR) is 97.4 cm³/mol. The summed E-state index contributed by atoms with van der Waals surface area (Å²) < 4.78 is 4.99. The van der Waals surface area contributed by atoms with Crippen LogP contribution in [-0.2, 0) is 0 Å². The molecule has 8 nitrogen and oxygen atoms in total. The van der Waals surface area contributed by atoms with Crippen LogP contribution in [0.2, 0.25) is 0 Å². The molecule has 3 aromatic rings. The van der Waals surface area contributed by atoms with Gasteiger partial charge in [0.05, 0.1) is 23.3 Å². The molecule has 0 aliphatic heterocycles. The van der Waals surface area contributed by atoms with Crippen LogP contribution in [0.25, 0.3) is 11.3 Å². The van der Waals surface area contributed by atoms with Gasteiger partial charge in [0, 0.05) is 22.7 Å². The minimum atomic E-state index is -1.01. The zero-order valence-corrected chi connectivity index (χ0v) is 14.3. The average Bonchev–Trinajstić information content (AvgIpc) is 3.09. The molecule has 132 valence electrons. The second kappa shape index (κ2) is 7.19. The number of nitrogens with one attached hydrogen (secondary N) is 1. The first-order valence-electron chi connectivity index (χ1n) is 7.36. The smallest absolute Gasteiger partial charge is 0.335 e. The lowest BCUT2D eigenvalue weighted by atomic mass is 10.1. The number of ether oxygens (including phenoxy) is 1. The summed E-state index contributed by atoms with van der Waals surface area (Å²) in [5.74, 6) is -0.836. The maximum Gasteiger partial charge on any atom is 0.335 e. The molecule has 26 heavy (non-hydrogen) atoms. The lowest BCUT2D eigenvalue weighted by molar-refractivity contribution is -0.385. The Labute approximate surface area is 151 Å². The number of nitro benzene ring substituents is 1. The molecule has 2 N–H and O–H groups in total. The molecule has 0 radical (unpaired) electrons. The summed E-state index contributed by atoms with van der Waals surface area (Å²) in [5.41, 5.74) is 1.77. The van der Waals surface area contributed by atoms with Crippen LogP contribution >= 0.6 is 11.3 Å². The van der Waals surface area contributed by atoms with Gasteiger partial charge in [-0.1, -0.05) is 6.07 Å². The first-order valence-corrected chi connectivity index (χ1v) is 8.24. The minimum Gasteiger partial charge on any atom is -0.490 e. The van der Waals surface area contributed by atoms with Crippen molar-refractivity contribution in [2.24, 2.45) is 0 Å². The average molecular weight is 371 g/mol. The van der Waals surface area contributed by atoms with Crippen LogP contribution in [0.5, 0.6) is 5.75 Å². The summed E-state index contributed by atoms with van der Waals surface area (Å²) in [7, 11) is 1.37. The van der Waals surface area contributed by atoms with E-state index in [0.29, 0.717) is 22.1 Å². The van der Waals surface area contributed by atoms with Gasteiger partial charge in [-0.2, -0.15) is 0 Å². The Bertz CT molecular complexity index is 986. The summed E-state index contributed by atoms with van der Waals surface area (Å²) in [5, 5.41) is 25.5. The molecule has 0 saturated carbocycles. The second-order valence-corrected chi connectivity index (χ2v) is 6.05. The number of carbonyl (C=O) groups is 1. The molecule has 0 bridgehead atoms. The Hall–Kier alpha value is -3.46. The third kappa shape index (κ3) is 3.62. The highest BCUT2D eigenvalue weighted by Gasteiger charge is 2.17. The maximum absolute atomic E-state index is 11.1. The number of hydrogen-bond donors (Lipinski definition) is 2. The number of aromatic nitrogens is 1. The summed E-state index contributed by atoms with van der Waals surface area (Å²) in [6.45, 7) is 0. The van der Waals surface area contributed by atoms with Crippen molar-refractivity contribution in [3.05, 3.63) is 63.5 Å². The fourth-order valence-corrected chi connectivity index (χ4v) is 3.05. The van der Waals surface area contributed by atoms with Gasteiger partial charge in [-0.05, 0) is 30.3 Å². The number of methoxy groups -OCH3 is 1. The van der Waals surface area contributed by atoms with Crippen molar-refractivity contribution in [1.82, 2.24) is 4.98 Å². The van der Waals surface area contributed by atoms with Gasteiger partial charge >= 0.3 is 11.7 Å². The van der Waals surface area contributed by atoms with E-state index in [1.807, 2.05) is 0 Å². The molecule has 0 aliphatic carbocycles. The van der Waals surface area contributed by atoms with E-state index in [0.717, 1.165) is 0 Å². The van der Waals surface area contributed by atoms with E-state index < -0.39 is 10.9 Å². The third-order valence-corrected chi connectivity index (χ3v) is 4.29. The zero-order chi connectivity index (χ0) is 18.7. The van der Waals surface area contributed by atoms with Crippen molar-refractivity contribution >= 4 is 33.8 Å². The summed E-state index contributed by atoms with van der Waals surface area (Å²) in [6.07, 6.45) is 0. The van der Waals surface area contributed by atoms with Gasteiger partial charge in [0.15, 0.2) is 10.9 Å². The van der Waals surface area contributed by atoms with Crippen molar-refractivity contribution in [3.63, 3.8) is 0 Å². The molecule has 0 aliphatic rings. The van der Waals surface area contributed by atoms with Gasteiger partial charge in [-0.3, -0.25) is 10.1 Å². The van der Waals surface area contributed by atoms with E-state index in [-0.39, 0.29) is 17.0 Å². The normalized spacial score (nSPS) is 10.3. The van der Waals surface area contributed by atoms with Crippen molar-refractivity contribution in [2.75, 3.05) is 12.4 Å². The number of thiazole rings is 1. The van der Waals surface area contributed by atoms with Crippen molar-refractivity contribution in [3.8, 4) is 17.0 Å². The fourth-order valence-electron chi connectivity index (χ4n) is 2.31. The lowest BCUT2D eigenvalue weighted by Crippen LogP contribution is -1.97. The van der Waals surface area contributed by atoms with Gasteiger partial charge in [0.25, 0.3) is 0 Å². The molecule has 3 rings (SSSR count). The largest absolute Gasteiger partial charge is 0.490 e. The van der Waals surface area contributed by atoms with Crippen LogP contribution in [0.15, 0.2) is 47.8 Å². The molecule has 1 heterocycles. The number of hydrogen-bond acceptors (Lipinski definition) is 7. The fraction of sp³-hybridized carbons (Fsp3) is 0.0588. The first-order chi connectivity index (χ1) is 12.5. The SMILES string of the molecule is COc1ccc(-c2csc(Nc3cccc(C(=O)O)c3)n2)cc1[N+](=O)[O-]. The molecule has 0 atom stereocenters. The molecule has 0 fully saturated rings. The van der Waals surface area contributed by atoms with Crippen molar-refractivity contribution < 1.29 is 19.6 Å². The van der Waals surface area contributed by atoms with E-state index in [4.69, 9.17) is 9.84 Å². The third-order valence-electron chi connectivity index (χ3n) is 3.54. The Morgan fingerprint density at radius 2 is 2.12 bits per heavy atom. The number of rotatable bonds is 6. The van der Waals surface area contributed by atoms with Crippen molar-refractivity contribution in [2.45, 2.75) is 0 Å². The number of nitro groups is 1. The lowest BCUT2D eigenvalue weighted by Gasteiger charge is -2.04. The number of carboxylic acid groups (broad SMARTS) is 1. The number of carboxylic acids is 1. The monoisotopic (exact) mass is 371 g/mol. The van der Waals surface area contributed by atoms with Crippen LogP contribution in [0.4, 0.5) is 16.5 Å². The van der Waals surface area contributed by atoms with E-state index in [2.05, 4.69) is 10.3 Å². The van der Waals surface area contributed by atoms with E-state index in [9.17, 15) is 14.9 Å². The molecular formula is C17H13N3O5S.